The van der Waals surface area contributed by atoms with Gasteiger partial charge in [-0.25, -0.2) is 13.5 Å². The van der Waals surface area contributed by atoms with E-state index in [-0.39, 0.29) is 30.5 Å². The number of nitrogens with one attached hydrogen (secondary N) is 1. The normalized spacial score (nSPS) is 16.0. The number of carbonyl (C=O) groups excluding carboxylic acids is 2. The lowest BCUT2D eigenvalue weighted by Crippen LogP contribution is -2.29. The third-order valence-corrected chi connectivity index (χ3v) is 5.43. The molecule has 1 aliphatic rings. The molecule has 0 bridgehead atoms. The summed E-state index contributed by atoms with van der Waals surface area (Å²) in [7, 11) is 0. The number of anilines is 2. The maximum atomic E-state index is 14.1. The molecule has 0 aliphatic carbocycles. The Hall–Kier alpha value is -3.55. The molecule has 0 spiro atoms. The van der Waals surface area contributed by atoms with E-state index in [0.29, 0.717) is 12.4 Å². The summed E-state index contributed by atoms with van der Waals surface area (Å²) in [5, 5.41) is 7.09. The van der Waals surface area contributed by atoms with Crippen LogP contribution in [0.4, 0.5) is 20.3 Å². The Bertz CT molecular complexity index is 1110. The summed E-state index contributed by atoms with van der Waals surface area (Å²) in [6, 6.07) is 12.9. The number of halogens is 2. The van der Waals surface area contributed by atoms with Crippen molar-refractivity contribution in [1.29, 1.82) is 0 Å². The first kappa shape index (κ1) is 20.7. The second-order valence-electron chi connectivity index (χ2n) is 7.53. The Morgan fingerprint density at radius 3 is 2.58 bits per heavy atom. The highest BCUT2D eigenvalue weighted by Gasteiger charge is 2.36. The van der Waals surface area contributed by atoms with Crippen molar-refractivity contribution in [2.45, 2.75) is 26.3 Å². The predicted molar refractivity (Wildman–Crippen MR) is 113 cm³/mol. The number of rotatable bonds is 6. The number of benzene rings is 2. The van der Waals surface area contributed by atoms with E-state index in [4.69, 9.17) is 0 Å². The molecule has 2 aromatic carbocycles. The van der Waals surface area contributed by atoms with Crippen LogP contribution in [0.2, 0.25) is 0 Å². The van der Waals surface area contributed by atoms with Gasteiger partial charge in [0.2, 0.25) is 11.8 Å². The zero-order valence-corrected chi connectivity index (χ0v) is 17.0. The molecule has 4 rings (SSSR count). The van der Waals surface area contributed by atoms with E-state index in [0.717, 1.165) is 24.1 Å². The first-order chi connectivity index (χ1) is 14.9. The van der Waals surface area contributed by atoms with Gasteiger partial charge in [0.15, 0.2) is 0 Å². The molecule has 1 unspecified atom stereocenters. The summed E-state index contributed by atoms with van der Waals surface area (Å²) in [6.07, 6.45) is 2.51. The SMILES string of the molecule is CCc1ccc(Cn2nccc2NC(=O)C2CC(=O)N(c3ccc(F)cc3F)C2)cc1. The van der Waals surface area contributed by atoms with E-state index in [9.17, 15) is 18.4 Å². The molecular weight excluding hydrogens is 402 g/mol. The van der Waals surface area contributed by atoms with Gasteiger partial charge < -0.3 is 10.2 Å². The van der Waals surface area contributed by atoms with Crippen LogP contribution in [-0.2, 0) is 22.6 Å². The van der Waals surface area contributed by atoms with Crippen LogP contribution in [0.15, 0.2) is 54.7 Å². The zero-order valence-electron chi connectivity index (χ0n) is 17.0. The lowest BCUT2D eigenvalue weighted by Gasteiger charge is -2.17. The molecule has 6 nitrogen and oxygen atoms in total. The maximum Gasteiger partial charge on any atom is 0.230 e. The number of hydrogen-bond acceptors (Lipinski definition) is 3. The largest absolute Gasteiger partial charge is 0.311 e. The highest BCUT2D eigenvalue weighted by atomic mass is 19.1. The monoisotopic (exact) mass is 424 g/mol. The first-order valence-electron chi connectivity index (χ1n) is 10.1. The number of aromatic nitrogens is 2. The number of hydrogen-bond donors (Lipinski definition) is 1. The smallest absolute Gasteiger partial charge is 0.230 e. The van der Waals surface area contributed by atoms with Crippen molar-refractivity contribution in [3.63, 3.8) is 0 Å². The van der Waals surface area contributed by atoms with E-state index < -0.39 is 17.6 Å². The first-order valence-corrected chi connectivity index (χ1v) is 10.1. The van der Waals surface area contributed by atoms with Crippen molar-refractivity contribution in [2.75, 3.05) is 16.8 Å². The minimum atomic E-state index is -0.832. The van der Waals surface area contributed by atoms with Gasteiger partial charge in [0.25, 0.3) is 0 Å². The van der Waals surface area contributed by atoms with Crippen molar-refractivity contribution in [2.24, 2.45) is 5.92 Å². The van der Waals surface area contributed by atoms with Crippen molar-refractivity contribution in [1.82, 2.24) is 9.78 Å². The topological polar surface area (TPSA) is 67.2 Å². The molecule has 1 saturated heterocycles. The Kier molecular flexibility index (Phi) is 5.79. The molecule has 0 saturated carbocycles. The van der Waals surface area contributed by atoms with Crippen molar-refractivity contribution >= 4 is 23.3 Å². The van der Waals surface area contributed by atoms with Crippen LogP contribution in [0.5, 0.6) is 0 Å². The van der Waals surface area contributed by atoms with Crippen LogP contribution >= 0.6 is 0 Å². The van der Waals surface area contributed by atoms with E-state index in [2.05, 4.69) is 29.5 Å². The van der Waals surface area contributed by atoms with E-state index >= 15 is 0 Å². The quantitative estimate of drug-likeness (QED) is 0.655. The second kappa shape index (κ2) is 8.67. The number of aryl methyl sites for hydroxylation is 1. The van der Waals surface area contributed by atoms with Crippen LogP contribution in [0.1, 0.15) is 24.5 Å². The average molecular weight is 424 g/mol. The molecule has 31 heavy (non-hydrogen) atoms. The van der Waals surface area contributed by atoms with Crippen molar-refractivity contribution < 1.29 is 18.4 Å². The average Bonchev–Trinajstić information content (AvgIpc) is 3.35. The van der Waals surface area contributed by atoms with Crippen molar-refractivity contribution in [3.05, 3.63) is 77.5 Å². The maximum absolute atomic E-state index is 14.1. The van der Waals surface area contributed by atoms with Crippen LogP contribution in [0.3, 0.4) is 0 Å². The highest BCUT2D eigenvalue weighted by Crippen LogP contribution is 2.28. The minimum absolute atomic E-state index is 0.0257. The predicted octanol–water partition coefficient (Wildman–Crippen LogP) is 3.76. The molecule has 3 aromatic rings. The fourth-order valence-electron chi connectivity index (χ4n) is 3.66. The van der Waals surface area contributed by atoms with E-state index in [1.165, 1.54) is 16.5 Å². The molecule has 8 heteroatoms. The number of carbonyl (C=O) groups is 2. The van der Waals surface area contributed by atoms with Crippen molar-refractivity contribution in [3.8, 4) is 0 Å². The lowest BCUT2D eigenvalue weighted by molar-refractivity contribution is -0.122. The molecule has 1 atom stereocenters. The molecule has 0 radical (unpaired) electrons. The minimum Gasteiger partial charge on any atom is -0.311 e. The van der Waals surface area contributed by atoms with Gasteiger partial charge in [0, 0.05) is 25.1 Å². The number of nitrogens with zero attached hydrogens (tertiary/aromatic N) is 3. The molecule has 2 heterocycles. The molecule has 1 aromatic heterocycles. The van der Waals surface area contributed by atoms with Gasteiger partial charge in [-0.3, -0.25) is 9.59 Å². The summed E-state index contributed by atoms with van der Waals surface area (Å²) in [5.74, 6) is -2.41. The Morgan fingerprint density at radius 1 is 1.13 bits per heavy atom. The third kappa shape index (κ3) is 4.47. The summed E-state index contributed by atoms with van der Waals surface area (Å²) in [4.78, 5) is 26.3. The summed E-state index contributed by atoms with van der Waals surface area (Å²) in [6.45, 7) is 2.61. The Morgan fingerprint density at radius 2 is 1.87 bits per heavy atom. The summed E-state index contributed by atoms with van der Waals surface area (Å²) >= 11 is 0. The molecule has 2 amide bonds. The lowest BCUT2D eigenvalue weighted by atomic mass is 10.1. The fraction of sp³-hybridized carbons (Fsp3) is 0.261. The molecule has 1 aliphatic heterocycles. The van der Waals surface area contributed by atoms with Gasteiger partial charge in [-0.15, -0.1) is 0 Å². The summed E-state index contributed by atoms with van der Waals surface area (Å²) < 4.78 is 28.9. The standard InChI is InChI=1S/C23H22F2N4O2/c1-2-15-3-5-16(6-4-15)13-29-21(9-10-26-29)27-23(31)17-11-22(30)28(14-17)20-8-7-18(24)12-19(20)25/h3-10,12,17H,2,11,13-14H2,1H3,(H,27,31). The molecule has 1 fully saturated rings. The van der Waals surface area contributed by atoms with Gasteiger partial charge in [0.1, 0.15) is 17.5 Å². The van der Waals surface area contributed by atoms with E-state index in [1.807, 2.05) is 12.1 Å². The molecule has 1 N–H and O–H groups in total. The highest BCUT2D eigenvalue weighted by molar-refractivity contribution is 6.03. The van der Waals surface area contributed by atoms with E-state index in [1.54, 1.807) is 16.9 Å². The zero-order chi connectivity index (χ0) is 22.0. The van der Waals surface area contributed by atoms with Gasteiger partial charge in [-0.2, -0.15) is 5.10 Å². The molecular formula is C23H22F2N4O2. The fourth-order valence-corrected chi connectivity index (χ4v) is 3.66. The van der Waals surface area contributed by atoms with Crippen LogP contribution in [0.25, 0.3) is 0 Å². The molecule has 160 valence electrons. The second-order valence-corrected chi connectivity index (χ2v) is 7.53. The van der Waals surface area contributed by atoms with Gasteiger partial charge >= 0.3 is 0 Å². The van der Waals surface area contributed by atoms with Gasteiger partial charge in [-0.05, 0) is 29.7 Å². The van der Waals surface area contributed by atoms with Gasteiger partial charge in [-0.1, -0.05) is 31.2 Å². The number of amides is 2. The van der Waals surface area contributed by atoms with Gasteiger partial charge in [0.05, 0.1) is 24.3 Å². The Balaban J connectivity index is 1.43. The summed E-state index contributed by atoms with van der Waals surface area (Å²) in [5.41, 5.74) is 2.26. The van der Waals surface area contributed by atoms with Crippen LogP contribution < -0.4 is 10.2 Å². The Labute approximate surface area is 178 Å². The van der Waals surface area contributed by atoms with Crippen LogP contribution in [-0.4, -0.2) is 28.1 Å². The van der Waals surface area contributed by atoms with Crippen LogP contribution in [0, 0.1) is 17.6 Å². The third-order valence-electron chi connectivity index (χ3n) is 5.43.